The standard InChI is InChI=1S/C18H22ClN3O3S/c1-21-10-15(19)16(20-21)11-22(18(23)12-26(2,24)25)17-9-5-7-13-6-3-4-8-14(13)17/h3-4,6,8,10,17H,5,7,9,11-12H2,1-2H3/t17-/m0/s1. The third kappa shape index (κ3) is 4.27. The van der Waals surface area contributed by atoms with Crippen molar-refractivity contribution in [1.29, 1.82) is 0 Å². The minimum atomic E-state index is -3.43. The van der Waals surface area contributed by atoms with Gasteiger partial charge in [-0.25, -0.2) is 8.42 Å². The predicted molar refractivity (Wildman–Crippen MR) is 101 cm³/mol. The maximum absolute atomic E-state index is 12.9. The molecule has 0 fully saturated rings. The van der Waals surface area contributed by atoms with Crippen molar-refractivity contribution in [2.24, 2.45) is 7.05 Å². The number of carbonyl (C=O) groups is 1. The highest BCUT2D eigenvalue weighted by Gasteiger charge is 2.31. The van der Waals surface area contributed by atoms with E-state index in [-0.39, 0.29) is 12.6 Å². The van der Waals surface area contributed by atoms with Crippen LogP contribution in [0.15, 0.2) is 30.5 Å². The number of fused-ring (bicyclic) bond motifs is 1. The van der Waals surface area contributed by atoms with Crippen LogP contribution in [-0.4, -0.2) is 41.0 Å². The van der Waals surface area contributed by atoms with Crippen LogP contribution in [0.1, 0.15) is 35.7 Å². The number of hydrogen-bond acceptors (Lipinski definition) is 4. The van der Waals surface area contributed by atoms with Crippen LogP contribution in [0.2, 0.25) is 5.02 Å². The maximum Gasteiger partial charge on any atom is 0.238 e. The fourth-order valence-corrected chi connectivity index (χ4v) is 4.36. The molecule has 1 heterocycles. The third-order valence-electron chi connectivity index (χ3n) is 4.59. The minimum Gasteiger partial charge on any atom is -0.329 e. The van der Waals surface area contributed by atoms with Gasteiger partial charge in [0, 0.05) is 19.5 Å². The number of aryl methyl sites for hydroxylation is 2. The van der Waals surface area contributed by atoms with Gasteiger partial charge in [-0.15, -0.1) is 0 Å². The Morgan fingerprint density at radius 3 is 2.77 bits per heavy atom. The van der Waals surface area contributed by atoms with Crippen molar-refractivity contribution in [2.45, 2.75) is 31.8 Å². The van der Waals surface area contributed by atoms with Crippen molar-refractivity contribution in [3.63, 3.8) is 0 Å². The van der Waals surface area contributed by atoms with Gasteiger partial charge in [-0.1, -0.05) is 35.9 Å². The molecule has 1 aliphatic rings. The first-order chi connectivity index (χ1) is 12.2. The van der Waals surface area contributed by atoms with Gasteiger partial charge in [0.25, 0.3) is 0 Å². The number of carbonyl (C=O) groups excluding carboxylic acids is 1. The highest BCUT2D eigenvalue weighted by Crippen LogP contribution is 2.35. The fraction of sp³-hybridized carbons (Fsp3) is 0.444. The number of amides is 1. The molecule has 1 aliphatic carbocycles. The summed E-state index contributed by atoms with van der Waals surface area (Å²) in [4.78, 5) is 14.5. The van der Waals surface area contributed by atoms with Crippen molar-refractivity contribution in [3.05, 3.63) is 52.3 Å². The molecule has 1 aromatic heterocycles. The highest BCUT2D eigenvalue weighted by atomic mass is 35.5. The topological polar surface area (TPSA) is 72.3 Å². The van der Waals surface area contributed by atoms with E-state index in [9.17, 15) is 13.2 Å². The van der Waals surface area contributed by atoms with Gasteiger partial charge in [-0.3, -0.25) is 9.48 Å². The molecule has 0 N–H and O–H groups in total. The first-order valence-electron chi connectivity index (χ1n) is 8.47. The molecule has 8 heteroatoms. The Morgan fingerprint density at radius 2 is 2.12 bits per heavy atom. The lowest BCUT2D eigenvalue weighted by Crippen LogP contribution is -2.39. The minimum absolute atomic E-state index is 0.174. The monoisotopic (exact) mass is 395 g/mol. The van der Waals surface area contributed by atoms with Crippen LogP contribution in [-0.2, 0) is 34.6 Å². The van der Waals surface area contributed by atoms with Crippen molar-refractivity contribution < 1.29 is 13.2 Å². The molecule has 0 unspecified atom stereocenters. The average Bonchev–Trinajstić information content (AvgIpc) is 2.88. The van der Waals surface area contributed by atoms with E-state index < -0.39 is 21.5 Å². The zero-order valence-electron chi connectivity index (χ0n) is 14.9. The summed E-state index contributed by atoms with van der Waals surface area (Å²) >= 11 is 6.23. The molecule has 0 bridgehead atoms. The fourth-order valence-electron chi connectivity index (χ4n) is 3.51. The SMILES string of the molecule is Cn1cc(Cl)c(CN(C(=O)CS(C)(=O)=O)[C@H]2CCCc3ccccc32)n1. The van der Waals surface area contributed by atoms with E-state index in [1.54, 1.807) is 22.8 Å². The number of hydrogen-bond donors (Lipinski definition) is 0. The van der Waals surface area contributed by atoms with Crippen LogP contribution in [0.25, 0.3) is 0 Å². The average molecular weight is 396 g/mol. The number of rotatable bonds is 5. The van der Waals surface area contributed by atoms with Gasteiger partial charge in [0.1, 0.15) is 11.4 Å². The zero-order chi connectivity index (χ0) is 18.9. The molecule has 1 amide bonds. The lowest BCUT2D eigenvalue weighted by molar-refractivity contribution is -0.132. The van der Waals surface area contributed by atoms with Crippen LogP contribution in [0, 0.1) is 0 Å². The Kier molecular flexibility index (Phi) is 5.39. The Labute approximate surface area is 158 Å². The Balaban J connectivity index is 1.98. The summed E-state index contributed by atoms with van der Waals surface area (Å²) in [5.74, 6) is -0.938. The summed E-state index contributed by atoms with van der Waals surface area (Å²) in [6.07, 6.45) is 5.44. The number of aromatic nitrogens is 2. The quantitative estimate of drug-likeness (QED) is 0.779. The summed E-state index contributed by atoms with van der Waals surface area (Å²) in [5, 5.41) is 4.79. The van der Waals surface area contributed by atoms with E-state index in [1.807, 2.05) is 18.2 Å². The van der Waals surface area contributed by atoms with Crippen molar-refractivity contribution in [1.82, 2.24) is 14.7 Å². The van der Waals surface area contributed by atoms with E-state index in [0.29, 0.717) is 10.7 Å². The molecule has 0 aliphatic heterocycles. The molecule has 1 aromatic carbocycles. The normalized spacial score (nSPS) is 17.0. The van der Waals surface area contributed by atoms with Crippen LogP contribution in [0.5, 0.6) is 0 Å². The molecule has 0 radical (unpaired) electrons. The van der Waals surface area contributed by atoms with E-state index in [0.717, 1.165) is 31.1 Å². The summed E-state index contributed by atoms with van der Waals surface area (Å²) < 4.78 is 25.0. The molecule has 0 saturated heterocycles. The van der Waals surface area contributed by atoms with Crippen molar-refractivity contribution in [2.75, 3.05) is 12.0 Å². The number of halogens is 1. The zero-order valence-corrected chi connectivity index (χ0v) is 16.4. The van der Waals surface area contributed by atoms with Crippen LogP contribution < -0.4 is 0 Å². The second-order valence-electron chi connectivity index (χ2n) is 6.80. The predicted octanol–water partition coefficient (Wildman–Crippen LogP) is 2.52. The summed E-state index contributed by atoms with van der Waals surface area (Å²) in [6, 6.07) is 7.84. The van der Waals surface area contributed by atoms with Gasteiger partial charge in [0.2, 0.25) is 5.91 Å². The maximum atomic E-state index is 12.9. The smallest absolute Gasteiger partial charge is 0.238 e. The van der Waals surface area contributed by atoms with E-state index in [2.05, 4.69) is 11.2 Å². The second kappa shape index (κ2) is 7.40. The molecule has 2 aromatic rings. The molecule has 0 spiro atoms. The number of nitrogens with zero attached hydrogens (tertiary/aromatic N) is 3. The van der Waals surface area contributed by atoms with Crippen LogP contribution in [0.4, 0.5) is 0 Å². The Morgan fingerprint density at radius 1 is 1.38 bits per heavy atom. The van der Waals surface area contributed by atoms with Crippen LogP contribution >= 0.6 is 11.6 Å². The molecular weight excluding hydrogens is 374 g/mol. The summed E-state index contributed by atoms with van der Waals surface area (Å²) in [7, 11) is -1.67. The van der Waals surface area contributed by atoms with Gasteiger partial charge < -0.3 is 4.90 Å². The number of sulfone groups is 1. The Hall–Kier alpha value is -1.86. The van der Waals surface area contributed by atoms with Gasteiger partial charge >= 0.3 is 0 Å². The van der Waals surface area contributed by atoms with Crippen molar-refractivity contribution in [3.8, 4) is 0 Å². The molecule has 0 saturated carbocycles. The largest absolute Gasteiger partial charge is 0.329 e. The molecule has 26 heavy (non-hydrogen) atoms. The van der Waals surface area contributed by atoms with Crippen LogP contribution in [0.3, 0.4) is 0 Å². The second-order valence-corrected chi connectivity index (χ2v) is 9.34. The molecule has 140 valence electrons. The van der Waals surface area contributed by atoms with Crippen molar-refractivity contribution >= 4 is 27.3 Å². The van der Waals surface area contributed by atoms with Gasteiger partial charge in [-0.2, -0.15) is 5.10 Å². The molecule has 3 rings (SSSR count). The number of benzene rings is 1. The Bertz CT molecular complexity index is 924. The van der Waals surface area contributed by atoms with Gasteiger partial charge in [0.15, 0.2) is 9.84 Å². The van der Waals surface area contributed by atoms with Gasteiger partial charge in [-0.05, 0) is 30.4 Å². The highest BCUT2D eigenvalue weighted by molar-refractivity contribution is 7.91. The lowest BCUT2D eigenvalue weighted by atomic mass is 9.86. The first kappa shape index (κ1) is 18.9. The van der Waals surface area contributed by atoms with E-state index >= 15 is 0 Å². The van der Waals surface area contributed by atoms with E-state index in [1.165, 1.54) is 5.56 Å². The molecule has 6 nitrogen and oxygen atoms in total. The van der Waals surface area contributed by atoms with E-state index in [4.69, 9.17) is 11.6 Å². The molecular formula is C18H22ClN3O3S. The third-order valence-corrected chi connectivity index (χ3v) is 5.68. The summed E-state index contributed by atoms with van der Waals surface area (Å²) in [6.45, 7) is 0.188. The molecule has 1 atom stereocenters. The first-order valence-corrected chi connectivity index (χ1v) is 10.9. The lowest BCUT2D eigenvalue weighted by Gasteiger charge is -2.35. The van der Waals surface area contributed by atoms with Gasteiger partial charge in [0.05, 0.1) is 17.6 Å². The summed E-state index contributed by atoms with van der Waals surface area (Å²) in [5.41, 5.74) is 2.85.